The number of imidazole rings is 1. The second-order valence-corrected chi connectivity index (χ2v) is 7.36. The Morgan fingerprint density at radius 3 is 2.89 bits per heavy atom. The molecule has 1 saturated heterocycles. The van der Waals surface area contributed by atoms with Crippen LogP contribution < -0.4 is 0 Å². The van der Waals surface area contributed by atoms with Gasteiger partial charge in [0.1, 0.15) is 5.82 Å². The van der Waals surface area contributed by atoms with Crippen molar-refractivity contribution in [3.05, 3.63) is 66.3 Å². The third-order valence-electron chi connectivity index (χ3n) is 5.41. The maximum Gasteiger partial charge on any atom is 0.224 e. The van der Waals surface area contributed by atoms with Gasteiger partial charge in [0.2, 0.25) is 5.91 Å². The fourth-order valence-electron chi connectivity index (χ4n) is 3.89. The number of piperidine rings is 1. The van der Waals surface area contributed by atoms with E-state index in [9.17, 15) is 4.79 Å². The molecule has 0 radical (unpaired) electrons. The second kappa shape index (κ2) is 8.37. The number of rotatable bonds is 6. The number of aromatic nitrogens is 5. The molecule has 146 valence electrons. The minimum absolute atomic E-state index is 0.197. The molecule has 0 saturated carbocycles. The SMILES string of the molecule is Cc1ccnn1CCC(=O)N1CCC[C@H](c2nccn2Cc2ccccn2)C1. The van der Waals surface area contributed by atoms with Crippen LogP contribution in [0.25, 0.3) is 0 Å². The molecule has 1 aliphatic rings. The van der Waals surface area contributed by atoms with Crippen molar-refractivity contribution in [1.29, 1.82) is 0 Å². The van der Waals surface area contributed by atoms with Crippen molar-refractivity contribution in [2.75, 3.05) is 13.1 Å². The second-order valence-electron chi connectivity index (χ2n) is 7.36. The number of nitrogens with zero attached hydrogens (tertiary/aromatic N) is 6. The molecule has 7 nitrogen and oxygen atoms in total. The van der Waals surface area contributed by atoms with Crippen LogP contribution in [0.1, 0.15) is 42.4 Å². The van der Waals surface area contributed by atoms with E-state index in [0.717, 1.165) is 43.1 Å². The van der Waals surface area contributed by atoms with Gasteiger partial charge >= 0.3 is 0 Å². The summed E-state index contributed by atoms with van der Waals surface area (Å²) in [5.74, 6) is 1.51. The average Bonchev–Trinajstić information content (AvgIpc) is 3.36. The van der Waals surface area contributed by atoms with Crippen LogP contribution in [0, 0.1) is 6.92 Å². The molecule has 0 aliphatic carbocycles. The van der Waals surface area contributed by atoms with Gasteiger partial charge in [0, 0.05) is 62.5 Å². The lowest BCUT2D eigenvalue weighted by Crippen LogP contribution is -2.40. The zero-order valence-electron chi connectivity index (χ0n) is 16.2. The summed E-state index contributed by atoms with van der Waals surface area (Å²) in [7, 11) is 0. The van der Waals surface area contributed by atoms with Crippen molar-refractivity contribution in [2.45, 2.75) is 45.2 Å². The van der Waals surface area contributed by atoms with Gasteiger partial charge in [-0.1, -0.05) is 6.07 Å². The number of amides is 1. The highest BCUT2D eigenvalue weighted by Gasteiger charge is 2.27. The highest BCUT2D eigenvalue weighted by atomic mass is 16.2. The van der Waals surface area contributed by atoms with Crippen molar-refractivity contribution >= 4 is 5.91 Å². The minimum Gasteiger partial charge on any atom is -0.342 e. The first kappa shape index (κ1) is 18.4. The fourth-order valence-corrected chi connectivity index (χ4v) is 3.89. The van der Waals surface area contributed by atoms with Crippen LogP contribution in [0.4, 0.5) is 0 Å². The van der Waals surface area contributed by atoms with Crippen molar-refractivity contribution < 1.29 is 4.79 Å². The number of likely N-dealkylation sites (tertiary alicyclic amines) is 1. The Morgan fingerprint density at radius 1 is 1.18 bits per heavy atom. The number of carbonyl (C=O) groups is 1. The molecular weight excluding hydrogens is 352 g/mol. The van der Waals surface area contributed by atoms with E-state index >= 15 is 0 Å². The third kappa shape index (κ3) is 4.13. The number of pyridine rings is 1. The van der Waals surface area contributed by atoms with E-state index in [-0.39, 0.29) is 11.8 Å². The summed E-state index contributed by atoms with van der Waals surface area (Å²) in [5.41, 5.74) is 2.10. The van der Waals surface area contributed by atoms with Crippen LogP contribution in [-0.2, 0) is 17.9 Å². The van der Waals surface area contributed by atoms with Gasteiger partial charge in [0.15, 0.2) is 0 Å². The fraction of sp³-hybridized carbons (Fsp3) is 0.429. The topological polar surface area (TPSA) is 68.8 Å². The summed E-state index contributed by atoms with van der Waals surface area (Å²) in [5, 5.41) is 4.27. The highest BCUT2D eigenvalue weighted by molar-refractivity contribution is 5.76. The van der Waals surface area contributed by atoms with Crippen LogP contribution in [0.5, 0.6) is 0 Å². The van der Waals surface area contributed by atoms with Crippen LogP contribution in [0.15, 0.2) is 49.1 Å². The summed E-state index contributed by atoms with van der Waals surface area (Å²) in [6.45, 7) is 4.91. The summed E-state index contributed by atoms with van der Waals surface area (Å²) in [4.78, 5) is 23.8. The monoisotopic (exact) mass is 378 g/mol. The van der Waals surface area contributed by atoms with Gasteiger partial charge in [-0.05, 0) is 38.0 Å². The minimum atomic E-state index is 0.197. The summed E-state index contributed by atoms with van der Waals surface area (Å²) >= 11 is 0. The Balaban J connectivity index is 1.39. The molecular formula is C21H26N6O. The smallest absolute Gasteiger partial charge is 0.224 e. The van der Waals surface area contributed by atoms with Gasteiger partial charge in [-0.25, -0.2) is 4.98 Å². The van der Waals surface area contributed by atoms with Crippen molar-refractivity contribution in [2.24, 2.45) is 0 Å². The quantitative estimate of drug-likeness (QED) is 0.661. The van der Waals surface area contributed by atoms with Gasteiger partial charge in [-0.3, -0.25) is 14.5 Å². The first-order valence-electron chi connectivity index (χ1n) is 9.88. The first-order valence-corrected chi connectivity index (χ1v) is 9.88. The highest BCUT2D eigenvalue weighted by Crippen LogP contribution is 2.26. The van der Waals surface area contributed by atoms with Gasteiger partial charge < -0.3 is 9.47 Å². The van der Waals surface area contributed by atoms with Crippen LogP contribution >= 0.6 is 0 Å². The summed E-state index contributed by atoms with van der Waals surface area (Å²) < 4.78 is 4.05. The summed E-state index contributed by atoms with van der Waals surface area (Å²) in [6, 6.07) is 7.91. The molecule has 28 heavy (non-hydrogen) atoms. The van der Waals surface area contributed by atoms with Crippen LogP contribution in [-0.4, -0.2) is 48.2 Å². The zero-order valence-corrected chi connectivity index (χ0v) is 16.2. The molecule has 0 aromatic carbocycles. The molecule has 7 heteroatoms. The van der Waals surface area contributed by atoms with Gasteiger partial charge in [0.05, 0.1) is 12.2 Å². The zero-order chi connectivity index (χ0) is 19.3. The number of carbonyl (C=O) groups excluding carboxylic acids is 1. The number of hydrogen-bond donors (Lipinski definition) is 0. The Kier molecular flexibility index (Phi) is 5.50. The van der Waals surface area contributed by atoms with E-state index in [4.69, 9.17) is 0 Å². The largest absolute Gasteiger partial charge is 0.342 e. The Bertz CT molecular complexity index is 916. The van der Waals surface area contributed by atoms with Gasteiger partial charge in [0.25, 0.3) is 0 Å². The van der Waals surface area contributed by atoms with Gasteiger partial charge in [-0.2, -0.15) is 5.10 Å². The Morgan fingerprint density at radius 2 is 2.11 bits per heavy atom. The molecule has 1 atom stereocenters. The first-order chi connectivity index (χ1) is 13.7. The van der Waals surface area contributed by atoms with Crippen molar-refractivity contribution in [3.63, 3.8) is 0 Å². The van der Waals surface area contributed by atoms with Gasteiger partial charge in [-0.15, -0.1) is 0 Å². The maximum atomic E-state index is 12.7. The molecule has 3 aromatic heterocycles. The van der Waals surface area contributed by atoms with Crippen LogP contribution in [0.2, 0.25) is 0 Å². The predicted octanol–water partition coefficient (Wildman–Crippen LogP) is 2.63. The molecule has 4 heterocycles. The average molecular weight is 378 g/mol. The molecule has 1 fully saturated rings. The normalized spacial score (nSPS) is 17.0. The van der Waals surface area contributed by atoms with Crippen LogP contribution in [0.3, 0.4) is 0 Å². The number of hydrogen-bond acceptors (Lipinski definition) is 4. The molecule has 1 aliphatic heterocycles. The standard InChI is InChI=1S/C21H26N6O/c1-17-7-10-24-27(17)13-8-20(28)25-12-4-5-18(15-25)21-23-11-14-26(21)16-19-6-2-3-9-22-19/h2-3,6-7,9-11,14,18H,4-5,8,12-13,15-16H2,1H3/t18-/m0/s1. The Hall–Kier alpha value is -2.96. The maximum absolute atomic E-state index is 12.7. The number of aryl methyl sites for hydroxylation is 2. The predicted molar refractivity (Wildman–Crippen MR) is 106 cm³/mol. The Labute approximate surface area is 165 Å². The molecule has 4 rings (SSSR count). The van der Waals surface area contributed by atoms with E-state index in [1.165, 1.54) is 0 Å². The van der Waals surface area contributed by atoms with Crippen molar-refractivity contribution in [3.8, 4) is 0 Å². The van der Waals surface area contributed by atoms with E-state index in [0.29, 0.717) is 19.5 Å². The van der Waals surface area contributed by atoms with E-state index in [1.807, 2.05) is 59.4 Å². The summed E-state index contributed by atoms with van der Waals surface area (Å²) in [6.07, 6.45) is 9.99. The van der Waals surface area contributed by atoms with E-state index in [1.54, 1.807) is 6.20 Å². The molecule has 0 bridgehead atoms. The molecule has 0 unspecified atom stereocenters. The lowest BCUT2D eigenvalue weighted by atomic mass is 9.96. The van der Waals surface area contributed by atoms with E-state index in [2.05, 4.69) is 19.6 Å². The molecule has 0 spiro atoms. The third-order valence-corrected chi connectivity index (χ3v) is 5.41. The molecule has 3 aromatic rings. The van der Waals surface area contributed by atoms with Crippen molar-refractivity contribution in [1.82, 2.24) is 29.2 Å². The lowest BCUT2D eigenvalue weighted by Gasteiger charge is -2.33. The lowest BCUT2D eigenvalue weighted by molar-refractivity contribution is -0.132. The van der Waals surface area contributed by atoms with E-state index < -0.39 is 0 Å². The molecule has 1 amide bonds. The molecule has 0 N–H and O–H groups in total.